The molecule has 2 fully saturated rings. The van der Waals surface area contributed by atoms with E-state index in [2.05, 4.69) is 23.8 Å². The molecule has 0 aromatic heterocycles. The summed E-state index contributed by atoms with van der Waals surface area (Å²) in [5.74, 6) is 5.68. The number of rotatable bonds is 3. The molecule has 2 aromatic carbocycles. The van der Waals surface area contributed by atoms with Crippen LogP contribution in [0.1, 0.15) is 60.9 Å². The normalized spacial score (nSPS) is 28.9. The maximum absolute atomic E-state index is 13.5. The first-order valence-electron chi connectivity index (χ1n) is 14.3. The standard InChI is InChI=1S/C33H36N2O6/c1-19-7-8-23(17-20(19)2)9-12-28(38)35(6)25-13-14-33(41-22(4)37)27-18-24-10-11-26(39-21(3)36)30-29(24)32(33,31(25)40-30)15-16-34(27)5/h7-8,10-11,17,25,27,31H,13-16,18H2,1-6H3/t25-,27+,31-,32-,33+/m0/s1. The Bertz CT molecular complexity index is 1540. The highest BCUT2D eigenvalue weighted by molar-refractivity contribution is 5.94. The maximum atomic E-state index is 13.5. The molecule has 0 radical (unpaired) electrons. The van der Waals surface area contributed by atoms with E-state index in [0.717, 1.165) is 28.8 Å². The average Bonchev–Trinajstić information content (AvgIpc) is 3.27. The predicted molar refractivity (Wildman–Crippen MR) is 152 cm³/mol. The van der Waals surface area contributed by atoms with Crippen molar-refractivity contribution in [2.24, 2.45) is 0 Å². The van der Waals surface area contributed by atoms with Gasteiger partial charge in [-0.3, -0.25) is 19.3 Å². The van der Waals surface area contributed by atoms with Crippen LogP contribution in [0.15, 0.2) is 30.3 Å². The number of amides is 1. The van der Waals surface area contributed by atoms with E-state index < -0.39 is 23.1 Å². The quantitative estimate of drug-likeness (QED) is 0.325. The molecule has 2 aromatic rings. The molecule has 5 atom stereocenters. The molecule has 214 valence electrons. The zero-order valence-corrected chi connectivity index (χ0v) is 24.5. The number of likely N-dealkylation sites (N-methyl/N-ethyl adjacent to an activating group) is 2. The molecule has 8 nitrogen and oxygen atoms in total. The fourth-order valence-electron chi connectivity index (χ4n) is 7.96. The Morgan fingerprint density at radius 1 is 1.07 bits per heavy atom. The Hall–Kier alpha value is -3.83. The summed E-state index contributed by atoms with van der Waals surface area (Å²) >= 11 is 0. The van der Waals surface area contributed by atoms with Gasteiger partial charge < -0.3 is 19.1 Å². The third-order valence-corrected chi connectivity index (χ3v) is 9.86. The van der Waals surface area contributed by atoms with Gasteiger partial charge in [-0.25, -0.2) is 0 Å². The predicted octanol–water partition coefficient (Wildman–Crippen LogP) is 3.46. The van der Waals surface area contributed by atoms with Crippen LogP contribution in [-0.4, -0.2) is 72.1 Å². The number of benzene rings is 2. The summed E-state index contributed by atoms with van der Waals surface area (Å²) < 4.78 is 18.8. The van der Waals surface area contributed by atoms with E-state index in [0.29, 0.717) is 37.2 Å². The lowest BCUT2D eigenvalue weighted by atomic mass is 9.48. The Balaban J connectivity index is 1.45. The molecule has 8 heteroatoms. The highest BCUT2D eigenvalue weighted by Gasteiger charge is 2.75. The first kappa shape index (κ1) is 27.3. The maximum Gasteiger partial charge on any atom is 0.308 e. The minimum Gasteiger partial charge on any atom is -0.483 e. The van der Waals surface area contributed by atoms with Gasteiger partial charge in [0.15, 0.2) is 11.5 Å². The highest BCUT2D eigenvalue weighted by Crippen LogP contribution is 2.67. The fraction of sp³-hybridized carbons (Fsp3) is 0.485. The van der Waals surface area contributed by atoms with Crippen molar-refractivity contribution in [2.45, 2.75) is 82.6 Å². The van der Waals surface area contributed by atoms with Gasteiger partial charge in [-0.15, -0.1) is 0 Å². The van der Waals surface area contributed by atoms with Gasteiger partial charge in [0, 0.05) is 37.9 Å². The smallest absolute Gasteiger partial charge is 0.308 e. The monoisotopic (exact) mass is 556 g/mol. The van der Waals surface area contributed by atoms with Crippen molar-refractivity contribution in [3.63, 3.8) is 0 Å². The molecular formula is C33H36N2O6. The molecule has 0 unspecified atom stereocenters. The van der Waals surface area contributed by atoms with E-state index in [4.69, 9.17) is 14.2 Å². The summed E-state index contributed by atoms with van der Waals surface area (Å²) in [4.78, 5) is 42.2. The SMILES string of the molecule is CC(=O)Oc1ccc2c3c1O[C@H]1[C@@H](N(C)C(=O)C#Cc4ccc(C)c(C)c4)CC[C@@]4(OC(C)=O)[C@@H](C2)N(C)CC[C@]314. The first-order chi connectivity index (χ1) is 19.5. The van der Waals surface area contributed by atoms with Crippen LogP contribution in [0, 0.1) is 25.7 Å². The second-order valence-corrected chi connectivity index (χ2v) is 12.0. The number of hydrogen-bond acceptors (Lipinski definition) is 7. The summed E-state index contributed by atoms with van der Waals surface area (Å²) in [6, 6.07) is 9.33. The average molecular weight is 557 g/mol. The second-order valence-electron chi connectivity index (χ2n) is 12.0. The number of esters is 2. The topological polar surface area (TPSA) is 85.4 Å². The lowest BCUT2D eigenvalue weighted by molar-refractivity contribution is -0.220. The number of nitrogens with zero attached hydrogens (tertiary/aromatic N) is 2. The van der Waals surface area contributed by atoms with Crippen molar-refractivity contribution in [1.82, 2.24) is 9.80 Å². The summed E-state index contributed by atoms with van der Waals surface area (Å²) in [5, 5.41) is 0. The number of carbonyl (C=O) groups is 3. The Morgan fingerprint density at radius 3 is 2.56 bits per heavy atom. The molecule has 2 aliphatic carbocycles. The molecule has 41 heavy (non-hydrogen) atoms. The number of aryl methyl sites for hydroxylation is 2. The van der Waals surface area contributed by atoms with E-state index in [-0.39, 0.29) is 24.0 Å². The van der Waals surface area contributed by atoms with Crippen molar-refractivity contribution in [3.05, 3.63) is 58.1 Å². The minimum absolute atomic E-state index is 0.0456. The number of ether oxygens (including phenoxy) is 3. The van der Waals surface area contributed by atoms with E-state index in [1.54, 1.807) is 18.0 Å². The Morgan fingerprint density at radius 2 is 1.85 bits per heavy atom. The Kier molecular flexibility index (Phi) is 6.42. The molecule has 1 saturated heterocycles. The van der Waals surface area contributed by atoms with E-state index >= 15 is 0 Å². The number of carbonyl (C=O) groups excluding carboxylic acids is 3. The lowest BCUT2D eigenvalue weighted by Gasteiger charge is -2.65. The van der Waals surface area contributed by atoms with Crippen LogP contribution >= 0.6 is 0 Å². The Labute approximate surface area is 240 Å². The van der Waals surface area contributed by atoms with Crippen molar-refractivity contribution < 1.29 is 28.6 Å². The second kappa shape index (κ2) is 9.63. The third-order valence-electron chi connectivity index (χ3n) is 9.86. The highest BCUT2D eigenvalue weighted by atomic mass is 16.6. The van der Waals surface area contributed by atoms with Gasteiger partial charge in [-0.05, 0) is 88.0 Å². The molecule has 2 aliphatic heterocycles. The van der Waals surface area contributed by atoms with Crippen LogP contribution in [0.4, 0.5) is 0 Å². The van der Waals surface area contributed by atoms with Gasteiger partial charge in [0.1, 0.15) is 11.7 Å². The molecule has 1 spiro atoms. The lowest BCUT2D eigenvalue weighted by Crippen LogP contribution is -2.78. The number of likely N-dealkylation sites (tertiary alicyclic amines) is 1. The van der Waals surface area contributed by atoms with Gasteiger partial charge in [-0.1, -0.05) is 18.1 Å². The zero-order valence-electron chi connectivity index (χ0n) is 24.5. The van der Waals surface area contributed by atoms with Gasteiger partial charge >= 0.3 is 11.9 Å². The fourth-order valence-corrected chi connectivity index (χ4v) is 7.96. The summed E-state index contributed by atoms with van der Waals surface area (Å²) in [6.07, 6.45) is 2.00. The molecule has 2 bridgehead atoms. The van der Waals surface area contributed by atoms with Crippen molar-refractivity contribution in [2.75, 3.05) is 20.6 Å². The largest absolute Gasteiger partial charge is 0.483 e. The molecule has 2 heterocycles. The molecule has 4 aliphatic rings. The van der Waals surface area contributed by atoms with Gasteiger partial charge in [0.25, 0.3) is 5.91 Å². The van der Waals surface area contributed by atoms with E-state index in [1.807, 2.05) is 38.1 Å². The van der Waals surface area contributed by atoms with Gasteiger partial charge in [0.05, 0.1) is 17.5 Å². The van der Waals surface area contributed by atoms with Crippen molar-refractivity contribution >= 4 is 17.8 Å². The first-order valence-corrected chi connectivity index (χ1v) is 14.3. The summed E-state index contributed by atoms with van der Waals surface area (Å²) in [7, 11) is 3.85. The molecule has 1 amide bonds. The molecule has 6 rings (SSSR count). The molecular weight excluding hydrogens is 520 g/mol. The minimum atomic E-state index is -0.838. The number of hydrogen-bond donors (Lipinski definition) is 0. The van der Waals surface area contributed by atoms with E-state index in [1.165, 1.54) is 19.4 Å². The van der Waals surface area contributed by atoms with E-state index in [9.17, 15) is 14.4 Å². The van der Waals surface area contributed by atoms with Crippen molar-refractivity contribution in [3.8, 4) is 23.3 Å². The van der Waals surface area contributed by atoms with Crippen molar-refractivity contribution in [1.29, 1.82) is 0 Å². The zero-order chi connectivity index (χ0) is 29.3. The van der Waals surface area contributed by atoms with Crippen LogP contribution in [0.2, 0.25) is 0 Å². The van der Waals surface area contributed by atoms with Gasteiger partial charge in [-0.2, -0.15) is 0 Å². The number of piperidine rings is 1. The van der Waals surface area contributed by atoms with Crippen LogP contribution in [0.3, 0.4) is 0 Å². The van der Waals surface area contributed by atoms with Crippen LogP contribution < -0.4 is 9.47 Å². The van der Waals surface area contributed by atoms with Gasteiger partial charge in [0.2, 0.25) is 0 Å². The molecule has 1 saturated carbocycles. The molecule has 0 N–H and O–H groups in total. The van der Waals surface area contributed by atoms with Crippen LogP contribution in [0.25, 0.3) is 0 Å². The summed E-state index contributed by atoms with van der Waals surface area (Å²) in [6.45, 7) is 7.67. The van der Waals surface area contributed by atoms with Crippen LogP contribution in [0.5, 0.6) is 11.5 Å². The third kappa shape index (κ3) is 3.97. The summed E-state index contributed by atoms with van der Waals surface area (Å²) in [5.41, 5.74) is 3.60. The van der Waals surface area contributed by atoms with Crippen LogP contribution in [-0.2, 0) is 31.0 Å².